The molecule has 0 radical (unpaired) electrons. The van der Waals surface area contributed by atoms with E-state index < -0.39 is 35.1 Å². The molecule has 0 unspecified atom stereocenters. The van der Waals surface area contributed by atoms with Crippen LogP contribution in [0.2, 0.25) is 0 Å². The van der Waals surface area contributed by atoms with Crippen LogP contribution in [-0.2, 0) is 21.9 Å². The molecule has 0 aliphatic carbocycles. The molecule has 1 aromatic rings. The zero-order chi connectivity index (χ0) is 17.8. The zero-order valence-corrected chi connectivity index (χ0v) is 13.8. The third-order valence-electron chi connectivity index (χ3n) is 3.15. The van der Waals surface area contributed by atoms with Gasteiger partial charge in [0.1, 0.15) is 5.82 Å². The number of carbonyl (C=O) groups is 1. The molecular formula is C12H19F3N4O3S. The van der Waals surface area contributed by atoms with Gasteiger partial charge in [0, 0.05) is 39.8 Å². The van der Waals surface area contributed by atoms with E-state index in [1.54, 1.807) is 14.0 Å². The topological polar surface area (TPSA) is 84.3 Å². The van der Waals surface area contributed by atoms with E-state index in [0.717, 1.165) is 4.90 Å². The average Bonchev–Trinajstić information content (AvgIpc) is 2.75. The summed E-state index contributed by atoms with van der Waals surface area (Å²) in [7, 11) is -0.971. The van der Waals surface area contributed by atoms with Crippen LogP contribution in [0.15, 0.2) is 11.2 Å². The molecule has 0 saturated carbocycles. The lowest BCUT2D eigenvalue weighted by molar-refractivity contribution is -0.143. The maximum absolute atomic E-state index is 12.1. The van der Waals surface area contributed by atoms with Crippen molar-refractivity contribution in [1.82, 2.24) is 19.2 Å². The summed E-state index contributed by atoms with van der Waals surface area (Å²) >= 11 is 0. The molecule has 0 atom stereocenters. The van der Waals surface area contributed by atoms with Gasteiger partial charge in [-0.1, -0.05) is 0 Å². The molecule has 0 aromatic carbocycles. The van der Waals surface area contributed by atoms with Gasteiger partial charge in [0.2, 0.25) is 5.91 Å². The van der Waals surface area contributed by atoms with Crippen LogP contribution in [0.25, 0.3) is 0 Å². The standard InChI is InChI=1S/C12H19F3N4O3S/c1-9-17-10(8-19(9)3)23(21,22)16-6-4-11(20)18(2)7-5-12(13,14)15/h8,16H,4-7H2,1-3H3. The first kappa shape index (κ1) is 19.4. The highest BCUT2D eigenvalue weighted by Gasteiger charge is 2.28. The Kier molecular flexibility index (Phi) is 6.17. The van der Waals surface area contributed by atoms with Crippen molar-refractivity contribution in [2.24, 2.45) is 7.05 Å². The number of carbonyl (C=O) groups excluding carboxylic acids is 1. The number of sulfonamides is 1. The van der Waals surface area contributed by atoms with E-state index in [1.165, 1.54) is 17.8 Å². The summed E-state index contributed by atoms with van der Waals surface area (Å²) in [5.74, 6) is -0.0671. The van der Waals surface area contributed by atoms with Crippen molar-refractivity contribution in [3.05, 3.63) is 12.0 Å². The van der Waals surface area contributed by atoms with Gasteiger partial charge in [-0.05, 0) is 6.92 Å². The van der Waals surface area contributed by atoms with Crippen molar-refractivity contribution in [2.75, 3.05) is 20.1 Å². The fourth-order valence-corrected chi connectivity index (χ4v) is 2.70. The van der Waals surface area contributed by atoms with Gasteiger partial charge >= 0.3 is 6.18 Å². The Labute approximate surface area is 132 Å². The lowest BCUT2D eigenvalue weighted by Crippen LogP contribution is -2.34. The van der Waals surface area contributed by atoms with Gasteiger partial charge < -0.3 is 9.47 Å². The van der Waals surface area contributed by atoms with Gasteiger partial charge in [-0.15, -0.1) is 0 Å². The number of hydrogen-bond donors (Lipinski definition) is 1. The first-order chi connectivity index (χ1) is 10.4. The van der Waals surface area contributed by atoms with Crippen LogP contribution < -0.4 is 4.72 Å². The number of nitrogens with zero attached hydrogens (tertiary/aromatic N) is 3. The molecule has 0 aliphatic rings. The lowest BCUT2D eigenvalue weighted by atomic mass is 10.3. The second-order valence-electron chi connectivity index (χ2n) is 5.07. The maximum Gasteiger partial charge on any atom is 0.390 e. The minimum Gasteiger partial charge on any atom is -0.345 e. The molecule has 0 saturated heterocycles. The lowest BCUT2D eigenvalue weighted by Gasteiger charge is -2.18. The van der Waals surface area contributed by atoms with E-state index in [0.29, 0.717) is 5.82 Å². The number of aryl methyl sites for hydroxylation is 2. The zero-order valence-electron chi connectivity index (χ0n) is 13.0. The molecule has 132 valence electrons. The Morgan fingerprint density at radius 1 is 1.43 bits per heavy atom. The molecule has 0 aliphatic heterocycles. The van der Waals surface area contributed by atoms with Crippen molar-refractivity contribution >= 4 is 15.9 Å². The fourth-order valence-electron chi connectivity index (χ4n) is 1.63. The van der Waals surface area contributed by atoms with Crippen LogP contribution in [0.4, 0.5) is 13.2 Å². The summed E-state index contributed by atoms with van der Waals surface area (Å²) in [6.45, 7) is 0.958. The quantitative estimate of drug-likeness (QED) is 0.784. The van der Waals surface area contributed by atoms with Crippen LogP contribution in [0.3, 0.4) is 0 Å². The second-order valence-corrected chi connectivity index (χ2v) is 6.78. The van der Waals surface area contributed by atoms with Crippen molar-refractivity contribution in [1.29, 1.82) is 0 Å². The fraction of sp³-hybridized carbons (Fsp3) is 0.667. The van der Waals surface area contributed by atoms with E-state index >= 15 is 0 Å². The summed E-state index contributed by atoms with van der Waals surface area (Å²) in [6.07, 6.45) is -4.35. The van der Waals surface area contributed by atoms with E-state index in [-0.39, 0.29) is 18.0 Å². The Balaban J connectivity index is 2.48. The third kappa shape index (κ3) is 6.18. The van der Waals surface area contributed by atoms with E-state index in [1.807, 2.05) is 0 Å². The van der Waals surface area contributed by atoms with Gasteiger partial charge in [-0.3, -0.25) is 4.79 Å². The SMILES string of the molecule is Cc1nc(S(=O)(=O)NCCC(=O)N(C)CCC(F)(F)F)cn1C. The number of alkyl halides is 3. The summed E-state index contributed by atoms with van der Waals surface area (Å²) in [4.78, 5) is 16.4. The van der Waals surface area contributed by atoms with Crippen LogP contribution in [-0.4, -0.2) is 55.1 Å². The minimum absolute atomic E-state index is 0.171. The molecule has 0 fully saturated rings. The molecule has 11 heteroatoms. The maximum atomic E-state index is 12.1. The van der Waals surface area contributed by atoms with E-state index in [4.69, 9.17) is 0 Å². The highest BCUT2D eigenvalue weighted by molar-refractivity contribution is 7.89. The first-order valence-electron chi connectivity index (χ1n) is 6.73. The van der Waals surface area contributed by atoms with Gasteiger partial charge in [-0.2, -0.15) is 13.2 Å². The Hall–Kier alpha value is -1.62. The average molecular weight is 356 g/mol. The Morgan fingerprint density at radius 3 is 2.52 bits per heavy atom. The molecule has 1 rings (SSSR count). The number of halogens is 3. The van der Waals surface area contributed by atoms with Crippen molar-refractivity contribution < 1.29 is 26.4 Å². The molecule has 1 aromatic heterocycles. The molecule has 0 spiro atoms. The predicted octanol–water partition coefficient (Wildman–Crippen LogP) is 0.808. The van der Waals surface area contributed by atoms with Gasteiger partial charge in [0.25, 0.3) is 10.0 Å². The van der Waals surface area contributed by atoms with Crippen molar-refractivity contribution in [2.45, 2.75) is 31.0 Å². The number of nitrogens with one attached hydrogen (secondary N) is 1. The molecule has 23 heavy (non-hydrogen) atoms. The molecule has 7 nitrogen and oxygen atoms in total. The second kappa shape index (κ2) is 7.30. The smallest absolute Gasteiger partial charge is 0.345 e. The highest BCUT2D eigenvalue weighted by Crippen LogP contribution is 2.19. The largest absolute Gasteiger partial charge is 0.390 e. The number of aromatic nitrogens is 2. The van der Waals surface area contributed by atoms with Crippen molar-refractivity contribution in [3.8, 4) is 0 Å². The van der Waals surface area contributed by atoms with Crippen LogP contribution in [0, 0.1) is 6.92 Å². The number of imidazole rings is 1. The first-order valence-corrected chi connectivity index (χ1v) is 8.21. The molecule has 1 heterocycles. The van der Waals surface area contributed by atoms with E-state index in [9.17, 15) is 26.4 Å². The highest BCUT2D eigenvalue weighted by atomic mass is 32.2. The molecular weight excluding hydrogens is 337 g/mol. The monoisotopic (exact) mass is 356 g/mol. The summed E-state index contributed by atoms with van der Waals surface area (Å²) in [6, 6.07) is 0. The van der Waals surface area contributed by atoms with Gasteiger partial charge in [0.05, 0.1) is 6.42 Å². The molecule has 1 amide bonds. The van der Waals surface area contributed by atoms with Crippen LogP contribution >= 0.6 is 0 Å². The number of amides is 1. The summed E-state index contributed by atoms with van der Waals surface area (Å²) in [5.41, 5.74) is 0. The normalized spacial score (nSPS) is 12.4. The molecule has 1 N–H and O–H groups in total. The minimum atomic E-state index is -4.34. The van der Waals surface area contributed by atoms with Gasteiger partial charge in [0.15, 0.2) is 5.03 Å². The Bertz CT molecular complexity index is 635. The molecule has 0 bridgehead atoms. The van der Waals surface area contributed by atoms with E-state index in [2.05, 4.69) is 9.71 Å². The van der Waals surface area contributed by atoms with Crippen LogP contribution in [0.1, 0.15) is 18.7 Å². The summed E-state index contributed by atoms with van der Waals surface area (Å²) in [5, 5.41) is -0.171. The summed E-state index contributed by atoms with van der Waals surface area (Å²) < 4.78 is 63.8. The third-order valence-corrected chi connectivity index (χ3v) is 4.48. The Morgan fingerprint density at radius 2 is 2.04 bits per heavy atom. The predicted molar refractivity (Wildman–Crippen MR) is 76.1 cm³/mol. The van der Waals surface area contributed by atoms with Crippen molar-refractivity contribution in [3.63, 3.8) is 0 Å². The number of hydrogen-bond acceptors (Lipinski definition) is 4. The van der Waals surface area contributed by atoms with Gasteiger partial charge in [-0.25, -0.2) is 18.1 Å². The number of rotatable bonds is 7. The van der Waals surface area contributed by atoms with Crippen LogP contribution in [0.5, 0.6) is 0 Å².